The lowest BCUT2D eigenvalue weighted by molar-refractivity contribution is 0.106. The molecule has 0 bridgehead atoms. The van der Waals surface area contributed by atoms with Crippen LogP contribution in [0.4, 0.5) is 0 Å². The summed E-state index contributed by atoms with van der Waals surface area (Å²) >= 11 is 3.70. The monoisotopic (exact) mass is 558 g/mol. The summed E-state index contributed by atoms with van der Waals surface area (Å²) < 4.78 is 19.7. The zero-order valence-corrected chi connectivity index (χ0v) is 23.8. The summed E-state index contributed by atoms with van der Waals surface area (Å²) in [5, 5.41) is 13.4. The van der Waals surface area contributed by atoms with Crippen LogP contribution in [0.1, 0.15) is 27.7 Å². The molecule has 0 saturated carbocycles. The number of benzene rings is 3. The van der Waals surface area contributed by atoms with E-state index in [0.717, 1.165) is 4.90 Å². The molecule has 0 fully saturated rings. The molecule has 0 aromatic heterocycles. The molecule has 3 rings (SSSR count). The Bertz CT molecular complexity index is 1000. The van der Waals surface area contributed by atoms with Gasteiger partial charge in [0, 0.05) is 17.3 Å². The Morgan fingerprint density at radius 1 is 0.882 bits per heavy atom. The van der Waals surface area contributed by atoms with Crippen molar-refractivity contribution < 1.29 is 13.7 Å². The van der Waals surface area contributed by atoms with Crippen LogP contribution in [0.2, 0.25) is 5.04 Å². The number of aliphatic hydroxyl groups is 1. The van der Waals surface area contributed by atoms with E-state index >= 15 is 0 Å². The van der Waals surface area contributed by atoms with Crippen molar-refractivity contribution >= 4 is 45.4 Å². The minimum Gasteiger partial charge on any atom is -0.406 e. The van der Waals surface area contributed by atoms with Gasteiger partial charge in [-0.1, -0.05) is 122 Å². The molecule has 0 spiro atoms. The van der Waals surface area contributed by atoms with E-state index in [1.807, 2.05) is 49.4 Å². The number of hydrogen-bond donors (Lipinski definition) is 1. The number of halogens is 1. The molecule has 0 unspecified atom stereocenters. The number of rotatable bonds is 10. The first-order valence-corrected chi connectivity index (χ1v) is 15.8. The molecule has 0 saturated heterocycles. The van der Waals surface area contributed by atoms with Gasteiger partial charge in [0.25, 0.3) is 8.32 Å². The predicted octanol–water partition coefficient (Wildman–Crippen LogP) is 5.13. The Kier molecular flexibility index (Phi) is 9.47. The van der Waals surface area contributed by atoms with E-state index in [9.17, 15) is 9.32 Å². The summed E-state index contributed by atoms with van der Waals surface area (Å²) in [5.41, 5.74) is 0. The van der Waals surface area contributed by atoms with Crippen molar-refractivity contribution in [2.45, 2.75) is 48.6 Å². The minimum atomic E-state index is -2.68. The number of hydrogen-bond acceptors (Lipinski definition) is 3. The maximum Gasteiger partial charge on any atom is 0.261 e. The van der Waals surface area contributed by atoms with Gasteiger partial charge in [0.05, 0.1) is 21.7 Å². The van der Waals surface area contributed by atoms with Gasteiger partial charge in [0.2, 0.25) is 0 Å². The smallest absolute Gasteiger partial charge is 0.261 e. The van der Waals surface area contributed by atoms with Crippen LogP contribution in [0.25, 0.3) is 0 Å². The molecule has 1 N–H and O–H groups in total. The first kappa shape index (κ1) is 27.0. The second kappa shape index (κ2) is 11.9. The van der Waals surface area contributed by atoms with Gasteiger partial charge in [-0.05, 0) is 33.5 Å². The van der Waals surface area contributed by atoms with Crippen LogP contribution in [0.3, 0.4) is 0 Å². The molecular formula is C28H35BrO3SSi. The number of alkyl halides is 1. The molecule has 0 aliphatic carbocycles. The highest BCUT2D eigenvalue weighted by Gasteiger charge is 2.50. The van der Waals surface area contributed by atoms with Gasteiger partial charge >= 0.3 is 0 Å². The van der Waals surface area contributed by atoms with Crippen molar-refractivity contribution in [1.82, 2.24) is 0 Å². The zero-order valence-electron chi connectivity index (χ0n) is 20.4. The van der Waals surface area contributed by atoms with Crippen LogP contribution >= 0.6 is 15.9 Å². The van der Waals surface area contributed by atoms with E-state index in [-0.39, 0.29) is 15.8 Å². The molecule has 182 valence electrons. The van der Waals surface area contributed by atoms with Crippen LogP contribution in [0, 0.1) is 5.92 Å². The van der Waals surface area contributed by atoms with Crippen molar-refractivity contribution in [2.75, 3.05) is 12.4 Å². The van der Waals surface area contributed by atoms with Crippen LogP contribution < -0.4 is 10.4 Å². The van der Waals surface area contributed by atoms with E-state index in [1.165, 1.54) is 10.4 Å². The maximum atomic E-state index is 12.8. The largest absolute Gasteiger partial charge is 0.406 e. The summed E-state index contributed by atoms with van der Waals surface area (Å²) in [6.07, 6.45) is -0.689. The molecule has 0 aliphatic heterocycles. The fraction of sp³-hybridized carbons (Fsp3) is 0.357. The molecule has 0 amide bonds. The number of aliphatic hydroxyl groups excluding tert-OH is 1. The van der Waals surface area contributed by atoms with Crippen LogP contribution in [0.15, 0.2) is 95.9 Å². The first-order chi connectivity index (χ1) is 16.2. The third-order valence-corrected chi connectivity index (χ3v) is 13.7. The SMILES string of the molecule is C[C@H](C[S@@](=O)c1ccccc1)[C@H](O)[C@H](Br)CO[Si](c1ccccc1)(c1ccccc1)C(C)(C)C. The molecule has 34 heavy (non-hydrogen) atoms. The molecule has 0 aliphatic rings. The van der Waals surface area contributed by atoms with Crippen molar-refractivity contribution in [2.24, 2.45) is 5.92 Å². The van der Waals surface area contributed by atoms with Crippen LogP contribution in [-0.4, -0.2) is 40.9 Å². The summed E-state index contributed by atoms with van der Waals surface area (Å²) in [6.45, 7) is 9.03. The molecule has 3 aromatic rings. The Morgan fingerprint density at radius 2 is 1.32 bits per heavy atom. The molecule has 4 atom stereocenters. The highest BCUT2D eigenvalue weighted by atomic mass is 79.9. The standard InChI is InChI=1S/C28H35BrO3SSi/c1-22(21-33(31)23-14-8-5-9-15-23)27(30)26(29)20-32-34(28(2,3)4,24-16-10-6-11-17-24)25-18-12-7-13-19-25/h5-19,22,26-27,30H,20-21H2,1-4H3/t22-,26-,27+,33-/m1/s1. The van der Waals surface area contributed by atoms with Crippen molar-refractivity contribution in [3.05, 3.63) is 91.0 Å². The Balaban J connectivity index is 1.81. The van der Waals surface area contributed by atoms with E-state index in [0.29, 0.717) is 12.4 Å². The molecule has 3 nitrogen and oxygen atoms in total. The molecule has 3 aromatic carbocycles. The van der Waals surface area contributed by atoms with E-state index in [2.05, 4.69) is 85.2 Å². The fourth-order valence-corrected chi connectivity index (χ4v) is 11.2. The fourth-order valence-electron chi connectivity index (χ4n) is 4.43. The molecular weight excluding hydrogens is 524 g/mol. The topological polar surface area (TPSA) is 46.5 Å². The van der Waals surface area contributed by atoms with Gasteiger partial charge in [0.1, 0.15) is 0 Å². The van der Waals surface area contributed by atoms with Gasteiger partial charge in [0.15, 0.2) is 0 Å². The first-order valence-electron chi connectivity index (χ1n) is 11.7. The van der Waals surface area contributed by atoms with Crippen molar-refractivity contribution in [1.29, 1.82) is 0 Å². The lowest BCUT2D eigenvalue weighted by atomic mass is 10.0. The average molecular weight is 560 g/mol. The summed E-state index contributed by atoms with van der Waals surface area (Å²) in [6, 6.07) is 30.4. The van der Waals surface area contributed by atoms with Crippen LogP contribution in [-0.2, 0) is 15.2 Å². The Morgan fingerprint density at radius 3 is 1.76 bits per heavy atom. The lowest BCUT2D eigenvalue weighted by Gasteiger charge is -2.43. The normalized spacial score (nSPS) is 15.9. The van der Waals surface area contributed by atoms with E-state index in [4.69, 9.17) is 4.43 Å². The van der Waals surface area contributed by atoms with Crippen molar-refractivity contribution in [3.63, 3.8) is 0 Å². The molecule has 6 heteroatoms. The van der Waals surface area contributed by atoms with Gasteiger partial charge in [-0.3, -0.25) is 4.21 Å². The second-order valence-corrected chi connectivity index (χ2v) is 16.8. The minimum absolute atomic E-state index is 0.131. The van der Waals surface area contributed by atoms with Crippen molar-refractivity contribution in [3.8, 4) is 0 Å². The van der Waals surface area contributed by atoms with Gasteiger partial charge < -0.3 is 9.53 Å². The third kappa shape index (κ3) is 6.16. The van der Waals surface area contributed by atoms with Crippen LogP contribution in [0.5, 0.6) is 0 Å². The summed E-state index contributed by atoms with van der Waals surface area (Å²) in [4.78, 5) is 0.508. The molecule has 0 heterocycles. The van der Waals surface area contributed by atoms with Gasteiger partial charge in [-0.2, -0.15) is 0 Å². The maximum absolute atomic E-state index is 12.8. The predicted molar refractivity (Wildman–Crippen MR) is 149 cm³/mol. The summed E-state index contributed by atoms with van der Waals surface area (Å²) in [7, 11) is -3.84. The average Bonchev–Trinajstić information content (AvgIpc) is 2.84. The zero-order chi connectivity index (χ0) is 24.8. The van der Waals surface area contributed by atoms with Gasteiger partial charge in [-0.15, -0.1) is 0 Å². The highest BCUT2D eigenvalue weighted by Crippen LogP contribution is 2.37. The third-order valence-electron chi connectivity index (χ3n) is 6.25. The quantitative estimate of drug-likeness (QED) is 0.277. The Labute approximate surface area is 216 Å². The second-order valence-electron chi connectivity index (χ2n) is 9.78. The lowest BCUT2D eigenvalue weighted by Crippen LogP contribution is -2.67. The molecule has 0 radical (unpaired) electrons. The summed E-state index contributed by atoms with van der Waals surface area (Å²) in [5.74, 6) is 0.236. The van der Waals surface area contributed by atoms with Gasteiger partial charge in [-0.25, -0.2) is 0 Å². The highest BCUT2D eigenvalue weighted by molar-refractivity contribution is 9.09. The van der Waals surface area contributed by atoms with E-state index < -0.39 is 25.2 Å². The Hall–Kier alpha value is -1.57. The van der Waals surface area contributed by atoms with E-state index in [1.54, 1.807) is 0 Å².